The van der Waals surface area contributed by atoms with Gasteiger partial charge in [0.05, 0.1) is 0 Å². The number of rotatable bonds is 3. The monoisotopic (exact) mass is 229 g/mol. The lowest BCUT2D eigenvalue weighted by molar-refractivity contribution is -0.230. The molecule has 0 radical (unpaired) electrons. The van der Waals surface area contributed by atoms with Crippen molar-refractivity contribution in [2.75, 3.05) is 13.1 Å². The maximum Gasteiger partial charge on any atom is 0.410 e. The molecule has 1 unspecified atom stereocenters. The van der Waals surface area contributed by atoms with Crippen molar-refractivity contribution in [3.63, 3.8) is 0 Å². The molecule has 6 heteroatoms. The van der Waals surface area contributed by atoms with Gasteiger partial charge in [-0.05, 0) is 32.0 Å². The summed E-state index contributed by atoms with van der Waals surface area (Å²) in [4.78, 5) is 0.779. The van der Waals surface area contributed by atoms with Crippen LogP contribution in [0.3, 0.4) is 0 Å². The Labute approximate surface area is 84.6 Å². The van der Waals surface area contributed by atoms with Crippen molar-refractivity contribution in [3.05, 3.63) is 12.7 Å². The Morgan fingerprint density at radius 2 is 1.53 bits per heavy atom. The molecule has 1 atom stereocenters. The number of hydrogen-bond donors (Lipinski definition) is 0. The maximum atomic E-state index is 13.1. The number of hydrogen-bond acceptors (Lipinski definition) is 1. The molecule has 0 spiro atoms. The first-order chi connectivity index (χ1) is 6.79. The normalized spacial score (nSPS) is 21.7. The van der Waals surface area contributed by atoms with Crippen LogP contribution in [-0.4, -0.2) is 36.1 Å². The molecular formula is C9H12F5N. The molecule has 1 nitrogen and oxygen atoms in total. The molecule has 15 heavy (non-hydrogen) atoms. The van der Waals surface area contributed by atoms with E-state index in [1.54, 1.807) is 0 Å². The van der Waals surface area contributed by atoms with E-state index in [1.807, 2.05) is 0 Å². The van der Waals surface area contributed by atoms with E-state index in [9.17, 15) is 22.0 Å². The Balaban J connectivity index is 2.92. The number of alkyl halides is 5. The van der Waals surface area contributed by atoms with Gasteiger partial charge in [0, 0.05) is 0 Å². The Kier molecular flexibility index (Phi) is 3.38. The highest BCUT2D eigenvalue weighted by Gasteiger charge is 2.57. The summed E-state index contributed by atoms with van der Waals surface area (Å²) in [6.07, 6.45) is -3.80. The average molecular weight is 229 g/mol. The quantitative estimate of drug-likeness (QED) is 0.531. The largest absolute Gasteiger partial charge is 0.410 e. The fraction of sp³-hybridized carbons (Fsp3) is 0.778. The predicted octanol–water partition coefficient (Wildman–Crippen LogP) is 2.83. The van der Waals surface area contributed by atoms with Crippen molar-refractivity contribution >= 4 is 0 Å². The molecule has 0 bridgehead atoms. The number of likely N-dealkylation sites (tertiary alicyclic amines) is 1. The van der Waals surface area contributed by atoms with Crippen LogP contribution in [0.25, 0.3) is 0 Å². The topological polar surface area (TPSA) is 3.24 Å². The van der Waals surface area contributed by atoms with E-state index >= 15 is 0 Å². The van der Waals surface area contributed by atoms with Crippen LogP contribution >= 0.6 is 0 Å². The summed E-state index contributed by atoms with van der Waals surface area (Å²) < 4.78 is 63.6. The molecule has 1 aliphatic rings. The third kappa shape index (κ3) is 2.68. The Bertz CT molecular complexity index is 229. The van der Waals surface area contributed by atoms with Gasteiger partial charge in [0.15, 0.2) is 6.04 Å². The van der Waals surface area contributed by atoms with E-state index in [2.05, 4.69) is 6.58 Å². The molecule has 0 aromatic carbocycles. The third-order valence-corrected chi connectivity index (χ3v) is 2.45. The van der Waals surface area contributed by atoms with Gasteiger partial charge in [-0.2, -0.15) is 22.0 Å². The van der Waals surface area contributed by atoms with Crippen LogP contribution < -0.4 is 0 Å². The minimum absolute atomic E-state index is 0.0631. The van der Waals surface area contributed by atoms with E-state index < -0.39 is 18.1 Å². The zero-order valence-corrected chi connectivity index (χ0v) is 8.03. The van der Waals surface area contributed by atoms with Gasteiger partial charge in [0.1, 0.15) is 0 Å². The van der Waals surface area contributed by atoms with Gasteiger partial charge in [-0.1, -0.05) is 6.58 Å². The van der Waals surface area contributed by atoms with Crippen LogP contribution in [0.15, 0.2) is 12.7 Å². The molecule has 0 aromatic heterocycles. The van der Waals surface area contributed by atoms with Crippen molar-refractivity contribution in [2.24, 2.45) is 0 Å². The van der Waals surface area contributed by atoms with Gasteiger partial charge in [-0.15, -0.1) is 0 Å². The van der Waals surface area contributed by atoms with Gasteiger partial charge < -0.3 is 0 Å². The van der Waals surface area contributed by atoms with E-state index in [1.165, 1.54) is 0 Å². The van der Waals surface area contributed by atoms with Gasteiger partial charge in [0.2, 0.25) is 0 Å². The second-order valence-corrected chi connectivity index (χ2v) is 3.57. The molecule has 0 saturated carbocycles. The van der Waals surface area contributed by atoms with Crippen LogP contribution in [0.2, 0.25) is 0 Å². The summed E-state index contributed by atoms with van der Waals surface area (Å²) in [5, 5.41) is 0. The van der Waals surface area contributed by atoms with Crippen LogP contribution in [0.1, 0.15) is 12.8 Å². The second-order valence-electron chi connectivity index (χ2n) is 3.57. The standard InChI is InChI=1S/C9H12F5N/c1-2-8(10,11)7(9(12,13)14)15-5-3-4-6-15/h2,7H,1,3-6H2. The average Bonchev–Trinajstić information content (AvgIpc) is 2.54. The zero-order valence-electron chi connectivity index (χ0n) is 8.03. The highest BCUT2D eigenvalue weighted by atomic mass is 19.4. The summed E-state index contributed by atoms with van der Waals surface area (Å²) in [6, 6.07) is -2.73. The second kappa shape index (κ2) is 4.08. The van der Waals surface area contributed by atoms with Crippen molar-refractivity contribution in [1.82, 2.24) is 4.90 Å². The molecule has 1 heterocycles. The lowest BCUT2D eigenvalue weighted by Crippen LogP contribution is -2.54. The molecule has 88 valence electrons. The summed E-state index contributed by atoms with van der Waals surface area (Å²) in [6.45, 7) is 2.89. The summed E-state index contributed by atoms with van der Waals surface area (Å²) >= 11 is 0. The molecular weight excluding hydrogens is 217 g/mol. The van der Waals surface area contributed by atoms with Crippen molar-refractivity contribution in [3.8, 4) is 0 Å². The Hall–Kier alpha value is -0.650. The van der Waals surface area contributed by atoms with E-state index in [0.29, 0.717) is 12.8 Å². The maximum absolute atomic E-state index is 13.1. The van der Waals surface area contributed by atoms with Crippen LogP contribution in [0.5, 0.6) is 0 Å². The Morgan fingerprint density at radius 3 is 1.87 bits per heavy atom. The fourth-order valence-corrected chi connectivity index (χ4v) is 1.78. The summed E-state index contributed by atoms with van der Waals surface area (Å²) in [7, 11) is 0. The SMILES string of the molecule is C=CC(F)(F)C(N1CCCC1)C(F)(F)F. The first kappa shape index (κ1) is 12.4. The molecule has 1 saturated heterocycles. The first-order valence-corrected chi connectivity index (χ1v) is 4.61. The summed E-state index contributed by atoms with van der Waals surface area (Å²) in [5.74, 6) is -3.93. The lowest BCUT2D eigenvalue weighted by Gasteiger charge is -2.33. The van der Waals surface area contributed by atoms with E-state index in [0.717, 1.165) is 4.90 Å². The Morgan fingerprint density at radius 1 is 1.07 bits per heavy atom. The third-order valence-electron chi connectivity index (χ3n) is 2.45. The van der Waals surface area contributed by atoms with Gasteiger partial charge in [-0.25, -0.2) is 0 Å². The van der Waals surface area contributed by atoms with Crippen molar-refractivity contribution in [2.45, 2.75) is 31.0 Å². The smallest absolute Gasteiger partial charge is 0.287 e. The summed E-state index contributed by atoms with van der Waals surface area (Å²) in [5.41, 5.74) is 0. The minimum Gasteiger partial charge on any atom is -0.287 e. The number of nitrogens with zero attached hydrogens (tertiary/aromatic N) is 1. The van der Waals surface area contributed by atoms with Gasteiger partial charge in [0.25, 0.3) is 5.92 Å². The molecule has 0 aliphatic carbocycles. The van der Waals surface area contributed by atoms with Crippen molar-refractivity contribution in [1.29, 1.82) is 0 Å². The first-order valence-electron chi connectivity index (χ1n) is 4.61. The molecule has 0 amide bonds. The lowest BCUT2D eigenvalue weighted by atomic mass is 10.1. The molecule has 1 rings (SSSR count). The highest BCUT2D eigenvalue weighted by Crippen LogP contribution is 2.38. The van der Waals surface area contributed by atoms with Crippen molar-refractivity contribution < 1.29 is 22.0 Å². The molecule has 0 N–H and O–H groups in total. The number of halogens is 5. The van der Waals surface area contributed by atoms with E-state index in [-0.39, 0.29) is 19.2 Å². The predicted molar refractivity (Wildman–Crippen MR) is 45.8 cm³/mol. The zero-order chi connectivity index (χ0) is 11.7. The van der Waals surface area contributed by atoms with Gasteiger partial charge in [-0.3, -0.25) is 4.90 Å². The van der Waals surface area contributed by atoms with Crippen LogP contribution in [0, 0.1) is 0 Å². The highest BCUT2D eigenvalue weighted by molar-refractivity contribution is 5.02. The van der Waals surface area contributed by atoms with Crippen LogP contribution in [-0.2, 0) is 0 Å². The van der Waals surface area contributed by atoms with Crippen LogP contribution in [0.4, 0.5) is 22.0 Å². The molecule has 0 aromatic rings. The molecule has 1 fully saturated rings. The van der Waals surface area contributed by atoms with E-state index in [4.69, 9.17) is 0 Å². The van der Waals surface area contributed by atoms with Gasteiger partial charge >= 0.3 is 6.18 Å². The molecule has 1 aliphatic heterocycles. The minimum atomic E-state index is -4.93. The fourth-order valence-electron chi connectivity index (χ4n) is 1.78.